The number of benzene rings is 2. The molecule has 2 aromatic rings. The smallest absolute Gasteiger partial charge is 0.247 e. The van der Waals surface area contributed by atoms with E-state index in [1.165, 1.54) is 0 Å². The molecular weight excluding hydrogens is 520 g/mol. The Morgan fingerprint density at radius 1 is 1.07 bits per heavy atom. The molecule has 1 heterocycles. The van der Waals surface area contributed by atoms with Crippen LogP contribution < -0.4 is 21.1 Å². The number of aliphatic hydroxyl groups is 4. The first-order valence-corrected chi connectivity index (χ1v) is 13.4. The van der Waals surface area contributed by atoms with Gasteiger partial charge in [-0.15, -0.1) is 0 Å². The largest absolute Gasteiger partial charge is 0.462 e. The molecule has 9 N–H and O–H groups in total. The Morgan fingerprint density at radius 2 is 1.82 bits per heavy atom. The molecule has 1 aliphatic heterocycles. The minimum Gasteiger partial charge on any atom is -0.462 e. The van der Waals surface area contributed by atoms with Crippen LogP contribution in [-0.4, -0.2) is 89.2 Å². The maximum Gasteiger partial charge on any atom is 0.247 e. The van der Waals surface area contributed by atoms with Crippen molar-refractivity contribution in [2.24, 2.45) is 5.73 Å². The van der Waals surface area contributed by atoms with E-state index in [0.29, 0.717) is 43.0 Å². The van der Waals surface area contributed by atoms with Crippen LogP contribution in [0.4, 0.5) is 5.69 Å². The van der Waals surface area contributed by atoms with Gasteiger partial charge in [-0.2, -0.15) is 0 Å². The number of carbonyl (C=O) groups excluding carboxylic acids is 1. The van der Waals surface area contributed by atoms with Crippen LogP contribution in [0.25, 0.3) is 0 Å². The molecule has 12 nitrogen and oxygen atoms in total. The summed E-state index contributed by atoms with van der Waals surface area (Å²) < 4.78 is 17.0. The summed E-state index contributed by atoms with van der Waals surface area (Å²) in [5, 5.41) is 54.1. The quantitative estimate of drug-likeness (QED) is 0.0868. The first-order chi connectivity index (χ1) is 19.3. The third kappa shape index (κ3) is 8.37. The Hall–Kier alpha value is -3.26. The number of aliphatic hydroxyl groups excluding tert-OH is 4. The average Bonchev–Trinajstić information content (AvgIpc) is 2.96. The van der Waals surface area contributed by atoms with Gasteiger partial charge in [0.05, 0.1) is 6.61 Å². The van der Waals surface area contributed by atoms with E-state index >= 15 is 0 Å². The molecule has 1 fully saturated rings. The number of unbranched alkanes of at least 4 members (excludes halogenated alkanes) is 1. The molecule has 6 unspecified atom stereocenters. The zero-order valence-corrected chi connectivity index (χ0v) is 22.5. The topological polar surface area (TPSA) is 200 Å². The Balaban J connectivity index is 1.83. The van der Waals surface area contributed by atoms with Crippen molar-refractivity contribution in [1.29, 1.82) is 5.41 Å². The van der Waals surface area contributed by atoms with Crippen molar-refractivity contribution in [3.05, 3.63) is 59.7 Å². The third-order valence-corrected chi connectivity index (χ3v) is 6.48. The Labute approximate surface area is 233 Å². The van der Waals surface area contributed by atoms with Gasteiger partial charge in [0, 0.05) is 36.6 Å². The minimum absolute atomic E-state index is 0.126. The lowest BCUT2D eigenvalue weighted by atomic mass is 9.99. The monoisotopic (exact) mass is 560 g/mol. The molecule has 1 saturated heterocycles. The van der Waals surface area contributed by atoms with Crippen LogP contribution in [0.2, 0.25) is 0 Å². The minimum atomic E-state index is -1.62. The molecular formula is C28H40N4O8. The van der Waals surface area contributed by atoms with Crippen molar-refractivity contribution in [1.82, 2.24) is 5.32 Å². The summed E-state index contributed by atoms with van der Waals surface area (Å²) in [5.41, 5.74) is 7.04. The van der Waals surface area contributed by atoms with Gasteiger partial charge in [0.15, 0.2) is 0 Å². The Morgan fingerprint density at radius 3 is 2.55 bits per heavy atom. The second-order valence-electron chi connectivity index (χ2n) is 9.54. The molecule has 1 aliphatic rings. The molecule has 0 saturated carbocycles. The SMILES string of the molecule is CCCCOCCCNC(=O)C(Nc1cccc(C(=N)N)c1)c1ccccc1OC1OC(CO)C(O)C(O)C1O. The van der Waals surface area contributed by atoms with E-state index in [0.717, 1.165) is 12.8 Å². The third-order valence-electron chi connectivity index (χ3n) is 6.48. The summed E-state index contributed by atoms with van der Waals surface area (Å²) in [4.78, 5) is 13.5. The predicted octanol–water partition coefficient (Wildman–Crippen LogP) is 0.626. The number of hydrogen-bond donors (Lipinski definition) is 8. The van der Waals surface area contributed by atoms with Crippen LogP contribution in [0.5, 0.6) is 5.75 Å². The molecule has 0 spiro atoms. The number of amides is 1. The van der Waals surface area contributed by atoms with Crippen LogP contribution in [0.15, 0.2) is 48.5 Å². The van der Waals surface area contributed by atoms with Crippen LogP contribution in [0.3, 0.4) is 0 Å². The molecule has 1 amide bonds. The van der Waals surface area contributed by atoms with Gasteiger partial charge in [0.2, 0.25) is 12.2 Å². The van der Waals surface area contributed by atoms with E-state index in [2.05, 4.69) is 17.6 Å². The highest BCUT2D eigenvalue weighted by Gasteiger charge is 2.45. The van der Waals surface area contributed by atoms with E-state index in [-0.39, 0.29) is 17.5 Å². The van der Waals surface area contributed by atoms with Crippen LogP contribution >= 0.6 is 0 Å². The van der Waals surface area contributed by atoms with Crippen molar-refractivity contribution in [2.45, 2.75) is 62.9 Å². The summed E-state index contributed by atoms with van der Waals surface area (Å²) in [6, 6.07) is 12.4. The van der Waals surface area contributed by atoms with E-state index in [4.69, 9.17) is 25.4 Å². The van der Waals surface area contributed by atoms with Gasteiger partial charge in [0.1, 0.15) is 42.0 Å². The summed E-state index contributed by atoms with van der Waals surface area (Å²) >= 11 is 0. The number of anilines is 1. The average molecular weight is 561 g/mol. The number of hydrogen-bond acceptors (Lipinski definition) is 10. The lowest BCUT2D eigenvalue weighted by Gasteiger charge is -2.39. The number of para-hydroxylation sites is 1. The highest BCUT2D eigenvalue weighted by molar-refractivity contribution is 5.96. The van der Waals surface area contributed by atoms with E-state index in [1.807, 2.05) is 0 Å². The summed E-state index contributed by atoms with van der Waals surface area (Å²) in [6.45, 7) is 3.03. The van der Waals surface area contributed by atoms with E-state index in [1.54, 1.807) is 48.5 Å². The van der Waals surface area contributed by atoms with E-state index < -0.39 is 43.4 Å². The van der Waals surface area contributed by atoms with Gasteiger partial charge in [-0.05, 0) is 31.0 Å². The number of nitrogen functional groups attached to an aromatic ring is 1. The molecule has 2 aromatic carbocycles. The first-order valence-electron chi connectivity index (χ1n) is 13.4. The number of carbonyl (C=O) groups is 1. The number of rotatable bonds is 15. The van der Waals surface area contributed by atoms with Crippen LogP contribution in [0, 0.1) is 5.41 Å². The first kappa shape index (κ1) is 31.3. The summed E-state index contributed by atoms with van der Waals surface area (Å²) in [7, 11) is 0. The van der Waals surface area contributed by atoms with Crippen molar-refractivity contribution in [3.8, 4) is 5.75 Å². The van der Waals surface area contributed by atoms with Crippen LogP contribution in [-0.2, 0) is 14.3 Å². The second-order valence-corrected chi connectivity index (χ2v) is 9.54. The summed E-state index contributed by atoms with van der Waals surface area (Å²) in [5.74, 6) is -0.323. The highest BCUT2D eigenvalue weighted by Crippen LogP contribution is 2.32. The molecule has 0 radical (unpaired) electrons. The normalized spacial score (nSPS) is 23.3. The fourth-order valence-electron chi connectivity index (χ4n) is 4.18. The second kappa shape index (κ2) is 15.5. The number of amidine groups is 1. The fraction of sp³-hybridized carbons (Fsp3) is 0.500. The van der Waals surface area contributed by atoms with Gasteiger partial charge >= 0.3 is 0 Å². The van der Waals surface area contributed by atoms with E-state index in [9.17, 15) is 25.2 Å². The molecule has 3 rings (SSSR count). The number of nitrogens with one attached hydrogen (secondary N) is 3. The highest BCUT2D eigenvalue weighted by atomic mass is 16.7. The molecule has 0 aliphatic carbocycles. The molecule has 0 aromatic heterocycles. The van der Waals surface area contributed by atoms with Gasteiger partial charge < -0.3 is 51.0 Å². The number of nitrogens with two attached hydrogens (primary N) is 1. The molecule has 220 valence electrons. The van der Waals surface area contributed by atoms with Gasteiger partial charge in [0.25, 0.3) is 0 Å². The van der Waals surface area contributed by atoms with Crippen molar-refractivity contribution >= 4 is 17.4 Å². The fourth-order valence-corrected chi connectivity index (χ4v) is 4.18. The van der Waals surface area contributed by atoms with Crippen molar-refractivity contribution in [3.63, 3.8) is 0 Å². The molecule has 6 atom stereocenters. The summed E-state index contributed by atoms with van der Waals surface area (Å²) in [6.07, 6.45) is -4.72. The maximum atomic E-state index is 13.5. The van der Waals surface area contributed by atoms with Crippen molar-refractivity contribution in [2.75, 3.05) is 31.7 Å². The van der Waals surface area contributed by atoms with Gasteiger partial charge in [-0.3, -0.25) is 10.2 Å². The van der Waals surface area contributed by atoms with Gasteiger partial charge in [-0.1, -0.05) is 43.7 Å². The van der Waals surface area contributed by atoms with Gasteiger partial charge in [-0.25, -0.2) is 0 Å². The van der Waals surface area contributed by atoms with Crippen LogP contribution in [0.1, 0.15) is 43.4 Å². The predicted molar refractivity (Wildman–Crippen MR) is 148 cm³/mol. The lowest BCUT2D eigenvalue weighted by Crippen LogP contribution is -2.60. The molecule has 0 bridgehead atoms. The Kier molecular flexibility index (Phi) is 12.1. The zero-order valence-electron chi connectivity index (χ0n) is 22.5. The Bertz CT molecular complexity index is 1100. The lowest BCUT2D eigenvalue weighted by molar-refractivity contribution is -0.277. The standard InChI is InChI=1S/C28H40N4O8/c1-2-3-13-38-14-7-12-31-27(37)22(32-18-9-6-8-17(15-18)26(29)30)19-10-4-5-11-20(19)39-28-25(36)24(35)23(34)21(16-33)40-28/h4-6,8-11,15,21-25,28,32-36H,2-3,7,12-14,16H2,1H3,(H3,29,30)(H,31,37). The van der Waals surface area contributed by atoms with Crippen molar-refractivity contribution < 1.29 is 39.4 Å². The number of ether oxygens (including phenoxy) is 3. The zero-order chi connectivity index (χ0) is 29.1. The maximum absolute atomic E-state index is 13.5. The molecule has 40 heavy (non-hydrogen) atoms. The molecule has 12 heteroatoms.